The van der Waals surface area contributed by atoms with E-state index < -0.39 is 41.4 Å². The highest BCUT2D eigenvalue weighted by atomic mass is 35.5. The van der Waals surface area contributed by atoms with Gasteiger partial charge in [-0.15, -0.1) is 11.6 Å². The Hall–Kier alpha value is -2.67. The van der Waals surface area contributed by atoms with Gasteiger partial charge in [-0.1, -0.05) is 47.5 Å². The fraction of sp³-hybridized carbons (Fsp3) is 0.280. The molecule has 9 heteroatoms. The van der Waals surface area contributed by atoms with Gasteiger partial charge in [-0.2, -0.15) is 5.01 Å². The summed E-state index contributed by atoms with van der Waals surface area (Å²) < 4.78 is 0. The molecule has 3 atom stereocenters. The van der Waals surface area contributed by atoms with Crippen molar-refractivity contribution in [2.75, 3.05) is 5.88 Å². The minimum atomic E-state index is -1.21. The summed E-state index contributed by atoms with van der Waals surface area (Å²) in [6, 6.07) is 11.3. The normalized spacial score (nSPS) is 20.3. The number of rotatable bonds is 7. The molecule has 34 heavy (non-hydrogen) atoms. The molecule has 0 spiro atoms. The lowest BCUT2D eigenvalue weighted by Gasteiger charge is -2.36. The van der Waals surface area contributed by atoms with Crippen LogP contribution in [-0.2, 0) is 9.59 Å². The zero-order valence-corrected chi connectivity index (χ0v) is 20.3. The van der Waals surface area contributed by atoms with Crippen LogP contribution in [0.5, 0.6) is 0 Å². The maximum absolute atomic E-state index is 13.8. The van der Waals surface area contributed by atoms with Crippen molar-refractivity contribution in [3.63, 3.8) is 0 Å². The van der Waals surface area contributed by atoms with Crippen molar-refractivity contribution in [3.05, 3.63) is 81.9 Å². The van der Waals surface area contributed by atoms with Crippen molar-refractivity contribution >= 4 is 58.3 Å². The number of alkyl halides is 1. The summed E-state index contributed by atoms with van der Waals surface area (Å²) in [7, 11) is 0. The summed E-state index contributed by atoms with van der Waals surface area (Å²) in [5, 5.41) is 2.39. The fourth-order valence-corrected chi connectivity index (χ4v) is 4.95. The number of halogens is 3. The first-order chi connectivity index (χ1) is 16.3. The predicted octanol–water partition coefficient (Wildman–Crippen LogP) is 5.18. The Bertz CT molecular complexity index is 1140. The van der Waals surface area contributed by atoms with Crippen LogP contribution in [0.2, 0.25) is 10.0 Å². The maximum Gasteiger partial charge on any atom is 0.275 e. The van der Waals surface area contributed by atoms with Crippen molar-refractivity contribution in [2.24, 2.45) is 11.8 Å². The number of allylic oxidation sites excluding steroid dienone is 2. The lowest BCUT2D eigenvalue weighted by molar-refractivity contribution is -0.156. The smallest absolute Gasteiger partial charge is 0.275 e. The average molecular weight is 520 g/mol. The Morgan fingerprint density at radius 2 is 1.53 bits per heavy atom. The number of hydrogen-bond donors (Lipinski definition) is 0. The van der Waals surface area contributed by atoms with E-state index in [4.69, 9.17) is 34.8 Å². The van der Waals surface area contributed by atoms with Gasteiger partial charge in [0.2, 0.25) is 0 Å². The minimum Gasteiger partial charge on any atom is -0.292 e. The number of fused-ring (bicyclic) bond motifs is 1. The first-order valence-electron chi connectivity index (χ1n) is 10.8. The number of carbonyl (C=O) groups excluding carboxylic acids is 4. The van der Waals surface area contributed by atoms with E-state index in [2.05, 4.69) is 0 Å². The number of Topliss-reactive ketones (excluding diaryl/α,β-unsaturated/α-hetero) is 1. The first kappa shape index (κ1) is 24.5. The van der Waals surface area contributed by atoms with Crippen LogP contribution in [0.1, 0.15) is 40.0 Å². The van der Waals surface area contributed by atoms with Crippen molar-refractivity contribution in [3.8, 4) is 0 Å². The molecule has 1 fully saturated rings. The molecule has 0 N–H and O–H groups in total. The third-order valence-electron chi connectivity index (χ3n) is 6.12. The van der Waals surface area contributed by atoms with Gasteiger partial charge >= 0.3 is 0 Å². The van der Waals surface area contributed by atoms with Crippen LogP contribution in [0, 0.1) is 11.8 Å². The Balaban J connectivity index is 1.82. The van der Waals surface area contributed by atoms with E-state index in [1.165, 1.54) is 24.3 Å². The average Bonchev–Trinajstić information content (AvgIpc) is 3.09. The summed E-state index contributed by atoms with van der Waals surface area (Å²) in [5.74, 6) is -3.36. The molecule has 0 saturated carbocycles. The second kappa shape index (κ2) is 10.3. The standard InChI is InChI=1S/C25H21Cl3N2O4/c26-14-13-21(22(31)15-9-11-16(27)12-10-15)29(25(34)19-7-3-4-8-20(19)28)30-23(32)17-5-1-2-6-18(17)24(30)33/h1-4,7-12,17-18,21H,5-6,13-14H2/t17-,18+,21-/m1/s1. The quantitative estimate of drug-likeness (QED) is 0.219. The molecule has 0 unspecified atom stereocenters. The van der Waals surface area contributed by atoms with Crippen LogP contribution in [0.4, 0.5) is 0 Å². The number of nitrogens with zero attached hydrogens (tertiary/aromatic N) is 2. The number of hydrazine groups is 1. The molecule has 1 aliphatic carbocycles. The van der Waals surface area contributed by atoms with E-state index in [0.717, 1.165) is 10.0 Å². The van der Waals surface area contributed by atoms with E-state index in [1.807, 2.05) is 12.2 Å². The Morgan fingerprint density at radius 1 is 0.941 bits per heavy atom. The molecule has 0 aromatic heterocycles. The minimum absolute atomic E-state index is 0.0148. The van der Waals surface area contributed by atoms with Gasteiger partial charge < -0.3 is 0 Å². The molecule has 2 aromatic carbocycles. The van der Waals surface area contributed by atoms with Crippen LogP contribution in [0.15, 0.2) is 60.7 Å². The molecule has 176 valence electrons. The molecular weight excluding hydrogens is 499 g/mol. The largest absolute Gasteiger partial charge is 0.292 e. The number of amides is 3. The fourth-order valence-electron chi connectivity index (χ4n) is 4.40. The lowest BCUT2D eigenvalue weighted by Crippen LogP contribution is -2.57. The van der Waals surface area contributed by atoms with Crippen LogP contribution < -0.4 is 0 Å². The van der Waals surface area contributed by atoms with Crippen LogP contribution >= 0.6 is 34.8 Å². The van der Waals surface area contributed by atoms with Crippen molar-refractivity contribution < 1.29 is 19.2 Å². The molecule has 3 amide bonds. The van der Waals surface area contributed by atoms with Gasteiger partial charge in [-0.25, -0.2) is 5.01 Å². The molecule has 0 radical (unpaired) electrons. The highest BCUT2D eigenvalue weighted by Gasteiger charge is 2.53. The summed E-state index contributed by atoms with van der Waals surface area (Å²) in [4.78, 5) is 54.2. The molecule has 1 heterocycles. The zero-order chi connectivity index (χ0) is 24.4. The highest BCUT2D eigenvalue weighted by molar-refractivity contribution is 6.34. The van der Waals surface area contributed by atoms with Gasteiger partial charge in [-0.3, -0.25) is 19.2 Å². The first-order valence-corrected chi connectivity index (χ1v) is 12.1. The SMILES string of the molecule is O=C(c1ccc(Cl)cc1)[C@@H](CCCl)N(C(=O)c1ccccc1Cl)N1C(=O)[C@H]2CC=CC[C@H]2C1=O. The maximum atomic E-state index is 13.8. The number of carbonyl (C=O) groups is 4. The summed E-state index contributed by atoms with van der Waals surface area (Å²) in [6.45, 7) is 0. The molecule has 0 bridgehead atoms. The van der Waals surface area contributed by atoms with Crippen LogP contribution in [0.25, 0.3) is 0 Å². The van der Waals surface area contributed by atoms with E-state index in [1.54, 1.807) is 24.3 Å². The third kappa shape index (κ3) is 4.50. The van der Waals surface area contributed by atoms with Gasteiger partial charge in [0.15, 0.2) is 5.78 Å². The van der Waals surface area contributed by atoms with E-state index >= 15 is 0 Å². The van der Waals surface area contributed by atoms with Gasteiger partial charge in [0.05, 0.1) is 22.4 Å². The number of imide groups is 1. The van der Waals surface area contributed by atoms with E-state index in [0.29, 0.717) is 17.9 Å². The number of ketones is 1. The van der Waals surface area contributed by atoms with E-state index in [9.17, 15) is 19.2 Å². The van der Waals surface area contributed by atoms with Crippen molar-refractivity contribution in [1.82, 2.24) is 10.0 Å². The molecule has 1 aliphatic heterocycles. The monoisotopic (exact) mass is 518 g/mol. The topological polar surface area (TPSA) is 74.8 Å². The van der Waals surface area contributed by atoms with Gasteiger partial charge in [-0.05, 0) is 55.7 Å². The zero-order valence-electron chi connectivity index (χ0n) is 18.0. The number of hydrogen-bond acceptors (Lipinski definition) is 4. The number of benzene rings is 2. The molecule has 2 aliphatic rings. The second-order valence-corrected chi connectivity index (χ2v) is 9.36. The Morgan fingerprint density at radius 3 is 2.09 bits per heavy atom. The summed E-state index contributed by atoms with van der Waals surface area (Å²) >= 11 is 18.3. The molecule has 6 nitrogen and oxygen atoms in total. The van der Waals surface area contributed by atoms with Gasteiger partial charge in [0, 0.05) is 16.5 Å². The second-order valence-electron chi connectivity index (χ2n) is 8.14. The van der Waals surface area contributed by atoms with Gasteiger partial charge in [0.1, 0.15) is 6.04 Å². The molecule has 2 aromatic rings. The van der Waals surface area contributed by atoms with E-state index in [-0.39, 0.29) is 28.5 Å². The summed E-state index contributed by atoms with van der Waals surface area (Å²) in [6.07, 6.45) is 4.51. The van der Waals surface area contributed by atoms with Crippen molar-refractivity contribution in [2.45, 2.75) is 25.3 Å². The van der Waals surface area contributed by atoms with Crippen molar-refractivity contribution in [1.29, 1.82) is 0 Å². The summed E-state index contributed by atoms with van der Waals surface area (Å²) in [5.41, 5.74) is 0.343. The third-order valence-corrected chi connectivity index (χ3v) is 6.92. The van der Waals surface area contributed by atoms with Crippen LogP contribution in [0.3, 0.4) is 0 Å². The lowest BCUT2D eigenvalue weighted by atomic mass is 9.85. The van der Waals surface area contributed by atoms with Crippen LogP contribution in [-0.4, -0.2) is 45.4 Å². The Kier molecular flexibility index (Phi) is 7.41. The molecule has 1 saturated heterocycles. The van der Waals surface area contributed by atoms with Gasteiger partial charge in [0.25, 0.3) is 17.7 Å². The molecular formula is C25H21Cl3N2O4. The highest BCUT2D eigenvalue weighted by Crippen LogP contribution is 2.37. The molecule has 4 rings (SSSR count). The predicted molar refractivity (Wildman–Crippen MR) is 130 cm³/mol. The Labute approximate surface area is 212 Å².